The second-order valence-corrected chi connectivity index (χ2v) is 9.15. The van der Waals surface area contributed by atoms with E-state index in [9.17, 15) is 27.5 Å². The van der Waals surface area contributed by atoms with Crippen molar-refractivity contribution >= 4 is 38.9 Å². The number of rotatable bonds is 6. The molecule has 154 valence electrons. The fourth-order valence-electron chi connectivity index (χ4n) is 2.62. The molecule has 2 aromatic carbocycles. The van der Waals surface area contributed by atoms with E-state index in [0.717, 1.165) is 18.4 Å². The second-order valence-electron chi connectivity index (χ2n) is 7.17. The minimum atomic E-state index is -3.72. The van der Waals surface area contributed by atoms with Crippen LogP contribution in [-0.2, 0) is 19.4 Å². The Morgan fingerprint density at radius 1 is 1.10 bits per heavy atom. The molecule has 0 spiro atoms. The van der Waals surface area contributed by atoms with Gasteiger partial charge in [-0.3, -0.25) is 9.59 Å². The smallest absolute Gasteiger partial charge is 0.221 e. The molecule has 0 bridgehead atoms. The second kappa shape index (κ2) is 8.26. The zero-order chi connectivity index (χ0) is 22.0. The van der Waals surface area contributed by atoms with E-state index in [2.05, 4.69) is 5.32 Å². The van der Waals surface area contributed by atoms with Crippen molar-refractivity contribution in [3.8, 4) is 0 Å². The third kappa shape index (κ3) is 5.82. The van der Waals surface area contributed by atoms with Crippen LogP contribution < -0.4 is 5.32 Å². The molecule has 0 unspecified atom stereocenters. The number of ketones is 1. The maximum absolute atomic E-state index is 14.2. The topological polar surface area (TPSA) is 101 Å². The van der Waals surface area contributed by atoms with Crippen LogP contribution in [0.1, 0.15) is 31.9 Å². The molecule has 0 saturated carbocycles. The summed E-state index contributed by atoms with van der Waals surface area (Å²) in [6.45, 7) is 4.04. The summed E-state index contributed by atoms with van der Waals surface area (Å²) in [6.07, 6.45) is 2.28. The van der Waals surface area contributed by atoms with Gasteiger partial charge in [-0.25, -0.2) is 12.8 Å². The van der Waals surface area contributed by atoms with Gasteiger partial charge in [0.25, 0.3) is 0 Å². The molecule has 0 aliphatic carbocycles. The third-order valence-corrected chi connectivity index (χ3v) is 5.11. The van der Waals surface area contributed by atoms with Gasteiger partial charge in [0, 0.05) is 24.4 Å². The molecule has 2 rings (SSSR count). The van der Waals surface area contributed by atoms with Gasteiger partial charge in [0.15, 0.2) is 15.6 Å². The summed E-state index contributed by atoms with van der Waals surface area (Å²) in [6, 6.07) is 9.88. The van der Waals surface area contributed by atoms with E-state index in [4.69, 9.17) is 0 Å². The molecular weight excluding hydrogens is 397 g/mol. The molecule has 1 amide bonds. The highest BCUT2D eigenvalue weighted by Gasteiger charge is 2.28. The van der Waals surface area contributed by atoms with Crippen LogP contribution in [0.4, 0.5) is 10.1 Å². The van der Waals surface area contributed by atoms with Crippen LogP contribution in [0, 0.1) is 5.82 Å². The summed E-state index contributed by atoms with van der Waals surface area (Å²) in [5.41, 5.74) is -0.349. The Bertz CT molecular complexity index is 1080. The number of halogens is 1. The summed E-state index contributed by atoms with van der Waals surface area (Å²) in [5.74, 6) is -1.78. The van der Waals surface area contributed by atoms with Crippen LogP contribution in [0.3, 0.4) is 0 Å². The maximum Gasteiger partial charge on any atom is 0.221 e. The number of sulfone groups is 1. The lowest BCUT2D eigenvalue weighted by Gasteiger charge is -2.18. The highest BCUT2D eigenvalue weighted by Crippen LogP contribution is 2.27. The molecule has 0 heterocycles. The van der Waals surface area contributed by atoms with Gasteiger partial charge in [-0.05, 0) is 55.3 Å². The molecule has 2 aromatic rings. The summed E-state index contributed by atoms with van der Waals surface area (Å²) < 4.78 is 37.4. The Morgan fingerprint density at radius 2 is 1.69 bits per heavy atom. The van der Waals surface area contributed by atoms with Crippen molar-refractivity contribution in [2.45, 2.75) is 31.3 Å². The summed E-state index contributed by atoms with van der Waals surface area (Å²) in [7, 11) is -3.72. The molecule has 0 aliphatic heterocycles. The van der Waals surface area contributed by atoms with E-state index in [1.165, 1.54) is 32.9 Å². The van der Waals surface area contributed by atoms with E-state index < -0.39 is 31.9 Å². The predicted octanol–water partition coefficient (Wildman–Crippen LogP) is 3.07. The lowest BCUT2D eigenvalue weighted by atomic mass is 9.90. The number of carbonyl (C=O) groups is 2. The van der Waals surface area contributed by atoms with Gasteiger partial charge < -0.3 is 10.4 Å². The van der Waals surface area contributed by atoms with Crippen LogP contribution in [0.15, 0.2) is 47.4 Å². The first-order valence-corrected chi connectivity index (χ1v) is 10.5. The first-order valence-electron chi connectivity index (χ1n) is 8.65. The normalized spacial score (nSPS) is 12.6. The first-order chi connectivity index (χ1) is 13.3. The lowest BCUT2D eigenvalue weighted by molar-refractivity contribution is -0.127. The van der Waals surface area contributed by atoms with E-state index in [1.54, 1.807) is 24.3 Å². The van der Waals surface area contributed by atoms with Crippen LogP contribution >= 0.6 is 0 Å². The molecule has 6 nitrogen and oxygen atoms in total. The molecule has 0 aromatic heterocycles. The fourth-order valence-corrected chi connectivity index (χ4v) is 3.35. The van der Waals surface area contributed by atoms with Crippen molar-refractivity contribution in [3.63, 3.8) is 0 Å². The van der Waals surface area contributed by atoms with E-state index in [-0.39, 0.29) is 17.0 Å². The standard InChI is InChI=1S/C21H22FNO5S/c1-13(24)23-16-8-6-15(7-9-16)17(20(25)21(2,3)26)11-14-5-10-19(18(22)12-14)29(4,27)28/h5-12,26H,1-4H3,(H,23,24)/b17-11+. The number of amides is 1. The molecule has 8 heteroatoms. The lowest BCUT2D eigenvalue weighted by Crippen LogP contribution is -2.31. The van der Waals surface area contributed by atoms with Crippen LogP contribution in [-0.4, -0.2) is 37.1 Å². The first kappa shape index (κ1) is 22.4. The number of aliphatic hydroxyl groups is 1. The highest BCUT2D eigenvalue weighted by molar-refractivity contribution is 7.90. The van der Waals surface area contributed by atoms with Crippen molar-refractivity contribution in [2.75, 3.05) is 11.6 Å². The van der Waals surface area contributed by atoms with Crippen molar-refractivity contribution < 1.29 is 27.5 Å². The average molecular weight is 419 g/mol. The van der Waals surface area contributed by atoms with Crippen molar-refractivity contribution in [3.05, 3.63) is 59.4 Å². The molecule has 0 saturated heterocycles. The molecule has 0 atom stereocenters. The number of Topliss-reactive ketones (excluding diaryl/α,β-unsaturated/α-hetero) is 1. The molecule has 0 aliphatic rings. The monoisotopic (exact) mass is 419 g/mol. The maximum atomic E-state index is 14.2. The van der Waals surface area contributed by atoms with Gasteiger partial charge in [0.05, 0.1) is 0 Å². The van der Waals surface area contributed by atoms with Crippen LogP contribution in [0.5, 0.6) is 0 Å². The summed E-state index contributed by atoms with van der Waals surface area (Å²) in [4.78, 5) is 23.5. The third-order valence-electron chi connectivity index (χ3n) is 3.98. The SMILES string of the molecule is CC(=O)Nc1ccc(/C(=C\c2ccc(S(C)(=O)=O)c(F)c2)C(=O)C(C)(C)O)cc1. The summed E-state index contributed by atoms with van der Waals surface area (Å²) >= 11 is 0. The quantitative estimate of drug-likeness (QED) is 0.554. The van der Waals surface area contributed by atoms with Crippen molar-refractivity contribution in [1.82, 2.24) is 0 Å². The molecule has 29 heavy (non-hydrogen) atoms. The fraction of sp³-hybridized carbons (Fsp3) is 0.238. The number of hydrogen-bond acceptors (Lipinski definition) is 5. The number of benzene rings is 2. The number of nitrogens with one attached hydrogen (secondary N) is 1. The van der Waals surface area contributed by atoms with E-state index >= 15 is 0 Å². The van der Waals surface area contributed by atoms with Gasteiger partial charge in [0.2, 0.25) is 5.91 Å². The molecular formula is C21H22FNO5S. The predicted molar refractivity (Wildman–Crippen MR) is 109 cm³/mol. The minimum Gasteiger partial charge on any atom is -0.382 e. The van der Waals surface area contributed by atoms with Crippen LogP contribution in [0.25, 0.3) is 11.6 Å². The van der Waals surface area contributed by atoms with Gasteiger partial charge >= 0.3 is 0 Å². The minimum absolute atomic E-state index is 0.110. The van der Waals surface area contributed by atoms with Crippen molar-refractivity contribution in [2.24, 2.45) is 0 Å². The average Bonchev–Trinajstić information content (AvgIpc) is 2.57. The van der Waals surface area contributed by atoms with Crippen molar-refractivity contribution in [1.29, 1.82) is 0 Å². The Kier molecular flexibility index (Phi) is 6.40. The zero-order valence-corrected chi connectivity index (χ0v) is 17.3. The van der Waals surface area contributed by atoms with Gasteiger partial charge in [-0.1, -0.05) is 18.2 Å². The van der Waals surface area contributed by atoms with E-state index in [0.29, 0.717) is 11.3 Å². The Labute approximate surface area is 169 Å². The largest absolute Gasteiger partial charge is 0.382 e. The highest BCUT2D eigenvalue weighted by atomic mass is 32.2. The molecule has 0 fully saturated rings. The summed E-state index contributed by atoms with van der Waals surface area (Å²) in [5, 5.41) is 12.8. The Hall–Kier alpha value is -2.84. The van der Waals surface area contributed by atoms with E-state index in [1.807, 2.05) is 0 Å². The van der Waals surface area contributed by atoms with Gasteiger partial charge in [0.1, 0.15) is 16.3 Å². The Morgan fingerprint density at radius 3 is 2.14 bits per heavy atom. The van der Waals surface area contributed by atoms with Gasteiger partial charge in [-0.2, -0.15) is 0 Å². The van der Waals surface area contributed by atoms with Gasteiger partial charge in [-0.15, -0.1) is 0 Å². The molecule has 2 N–H and O–H groups in total. The molecule has 0 radical (unpaired) electrons. The number of anilines is 1. The van der Waals surface area contributed by atoms with Crippen LogP contribution in [0.2, 0.25) is 0 Å². The zero-order valence-electron chi connectivity index (χ0n) is 16.5. The number of hydrogen-bond donors (Lipinski definition) is 2. The number of carbonyl (C=O) groups excluding carboxylic acids is 2. The Balaban J connectivity index is 2.56.